The molecule has 2 aliphatic heterocycles. The summed E-state index contributed by atoms with van der Waals surface area (Å²) in [5.41, 5.74) is 0.308. The van der Waals surface area contributed by atoms with Crippen molar-refractivity contribution in [3.8, 4) is 0 Å². The molecule has 6 rings (SSSR count). The van der Waals surface area contributed by atoms with Crippen molar-refractivity contribution in [2.45, 2.75) is 25.0 Å². The van der Waals surface area contributed by atoms with E-state index in [1.807, 2.05) is 19.1 Å². The first-order chi connectivity index (χ1) is 16.9. The van der Waals surface area contributed by atoms with Crippen molar-refractivity contribution >= 4 is 40.7 Å². The number of ether oxygens (including phenoxy) is 1. The predicted molar refractivity (Wildman–Crippen MR) is 128 cm³/mol. The Morgan fingerprint density at radius 1 is 0.857 bits per heavy atom. The molecular weight excluding hydrogens is 466 g/mol. The maximum Gasteiger partial charge on any atom is 0.241 e. The molecule has 174 valence electrons. The van der Waals surface area contributed by atoms with Crippen LogP contribution >= 0.6 is 11.6 Å². The van der Waals surface area contributed by atoms with Gasteiger partial charge in [0.1, 0.15) is 0 Å². The van der Waals surface area contributed by atoms with Gasteiger partial charge in [-0.1, -0.05) is 67.1 Å². The van der Waals surface area contributed by atoms with E-state index in [9.17, 15) is 19.2 Å². The van der Waals surface area contributed by atoms with Crippen molar-refractivity contribution < 1.29 is 23.9 Å². The van der Waals surface area contributed by atoms with Crippen molar-refractivity contribution in [1.82, 2.24) is 0 Å². The first-order valence-electron chi connectivity index (χ1n) is 11.5. The van der Waals surface area contributed by atoms with Crippen LogP contribution in [0.15, 0.2) is 72.8 Å². The lowest BCUT2D eigenvalue weighted by Crippen LogP contribution is -2.51. The molecular formula is C28H20ClNO5. The molecule has 0 bridgehead atoms. The number of ketones is 2. The Bertz CT molecular complexity index is 1390. The van der Waals surface area contributed by atoms with Crippen LogP contribution in [0.3, 0.4) is 0 Å². The number of aryl methyl sites for hydroxylation is 1. The van der Waals surface area contributed by atoms with E-state index in [-0.39, 0.29) is 11.1 Å². The Morgan fingerprint density at radius 2 is 1.51 bits per heavy atom. The van der Waals surface area contributed by atoms with Crippen molar-refractivity contribution in [2.24, 2.45) is 11.8 Å². The molecule has 2 heterocycles. The number of amides is 2. The van der Waals surface area contributed by atoms with Crippen LogP contribution < -0.4 is 4.90 Å². The molecule has 3 aliphatic rings. The highest BCUT2D eigenvalue weighted by Gasteiger charge is 2.74. The Hall–Kier alpha value is -3.61. The first-order valence-corrected chi connectivity index (χ1v) is 11.8. The zero-order chi connectivity index (χ0) is 24.5. The fraction of sp³-hybridized carbons (Fsp3) is 0.214. The van der Waals surface area contributed by atoms with Gasteiger partial charge in [0.2, 0.25) is 29.0 Å². The van der Waals surface area contributed by atoms with E-state index in [1.54, 1.807) is 60.7 Å². The number of halogens is 1. The number of carbonyl (C=O) groups excluding carboxylic acids is 4. The number of nitrogens with zero attached hydrogens (tertiary/aromatic N) is 1. The average Bonchev–Trinajstić information content (AvgIpc) is 3.44. The number of imide groups is 1. The summed E-state index contributed by atoms with van der Waals surface area (Å²) in [6.07, 6.45) is -0.181. The molecule has 2 saturated heterocycles. The molecule has 2 amide bonds. The van der Waals surface area contributed by atoms with E-state index in [0.29, 0.717) is 16.3 Å². The second kappa shape index (κ2) is 7.70. The highest BCUT2D eigenvalue weighted by molar-refractivity contribution is 6.37. The number of fused-ring (bicyclic) bond motifs is 3. The minimum absolute atomic E-state index is 0.203. The van der Waals surface area contributed by atoms with E-state index in [4.69, 9.17) is 16.3 Å². The molecule has 3 aromatic rings. The minimum atomic E-state index is -2.09. The van der Waals surface area contributed by atoms with Crippen LogP contribution in [0.1, 0.15) is 44.9 Å². The number of anilines is 1. The van der Waals surface area contributed by atoms with Crippen LogP contribution in [0, 0.1) is 11.8 Å². The zero-order valence-corrected chi connectivity index (χ0v) is 19.5. The van der Waals surface area contributed by atoms with Gasteiger partial charge < -0.3 is 4.74 Å². The van der Waals surface area contributed by atoms with E-state index < -0.39 is 46.9 Å². The largest absolute Gasteiger partial charge is 0.349 e. The van der Waals surface area contributed by atoms with Gasteiger partial charge in [-0.25, -0.2) is 4.90 Å². The van der Waals surface area contributed by atoms with E-state index in [2.05, 4.69) is 0 Å². The molecule has 1 spiro atoms. The summed E-state index contributed by atoms with van der Waals surface area (Å²) in [6, 6.07) is 20.3. The van der Waals surface area contributed by atoms with Gasteiger partial charge in [-0.05, 0) is 41.8 Å². The summed E-state index contributed by atoms with van der Waals surface area (Å²) in [7, 11) is 0. The Balaban J connectivity index is 1.53. The van der Waals surface area contributed by atoms with Crippen LogP contribution in [0.5, 0.6) is 0 Å². The normalized spacial score (nSPS) is 24.4. The molecule has 0 N–H and O–H groups in total. The topological polar surface area (TPSA) is 80.8 Å². The summed E-state index contributed by atoms with van der Waals surface area (Å²) in [6.45, 7) is 2.01. The third-order valence-electron chi connectivity index (χ3n) is 7.30. The van der Waals surface area contributed by atoms with Crippen LogP contribution in [-0.4, -0.2) is 29.0 Å². The highest BCUT2D eigenvalue weighted by atomic mass is 35.5. The second-order valence-electron chi connectivity index (χ2n) is 9.07. The van der Waals surface area contributed by atoms with Crippen LogP contribution in [0.25, 0.3) is 0 Å². The van der Waals surface area contributed by atoms with Gasteiger partial charge in [0.15, 0.2) is 0 Å². The third-order valence-corrected chi connectivity index (χ3v) is 7.53. The highest BCUT2D eigenvalue weighted by Crippen LogP contribution is 2.57. The molecule has 3 atom stereocenters. The van der Waals surface area contributed by atoms with Crippen molar-refractivity contribution in [2.75, 3.05) is 4.90 Å². The van der Waals surface area contributed by atoms with Gasteiger partial charge in [0.05, 0.1) is 23.6 Å². The summed E-state index contributed by atoms with van der Waals surface area (Å²) >= 11 is 6.21. The minimum Gasteiger partial charge on any atom is -0.349 e. The number of hydrogen-bond donors (Lipinski definition) is 0. The van der Waals surface area contributed by atoms with Gasteiger partial charge >= 0.3 is 0 Å². The van der Waals surface area contributed by atoms with E-state index in [0.717, 1.165) is 16.9 Å². The quantitative estimate of drug-likeness (QED) is 0.400. The zero-order valence-electron chi connectivity index (χ0n) is 18.7. The fourth-order valence-electron chi connectivity index (χ4n) is 5.64. The summed E-state index contributed by atoms with van der Waals surface area (Å²) < 4.78 is 6.26. The standard InChI is InChI=1S/C28H20ClNO5/c1-2-15-10-12-18(13-11-15)30-26(33)21-22(27(30)34)28(35-23(21)16-6-5-7-17(29)14-16)24(31)19-8-3-4-9-20(19)25(28)32/h3-14,21-23H,2H2,1H3/t21-,22+,23+/m0/s1. The third kappa shape index (κ3) is 2.87. The molecule has 0 radical (unpaired) electrons. The van der Waals surface area contributed by atoms with E-state index in [1.165, 1.54) is 0 Å². The number of Topliss-reactive ketones (excluding diaryl/α,β-unsaturated/α-hetero) is 2. The maximum atomic E-state index is 13.9. The van der Waals surface area contributed by atoms with Gasteiger partial charge in [-0.15, -0.1) is 0 Å². The molecule has 35 heavy (non-hydrogen) atoms. The van der Waals surface area contributed by atoms with Gasteiger partial charge in [-0.3, -0.25) is 19.2 Å². The smallest absolute Gasteiger partial charge is 0.241 e. The second-order valence-corrected chi connectivity index (χ2v) is 9.50. The summed E-state index contributed by atoms with van der Waals surface area (Å²) in [5.74, 6) is -4.60. The van der Waals surface area contributed by atoms with Crippen LogP contribution in [0.4, 0.5) is 5.69 Å². The SMILES string of the molecule is CCc1ccc(N2C(=O)[C@@H]3[C@@H](c4cccc(Cl)c4)OC4(C(=O)c5ccccc5C4=O)[C@H]3C2=O)cc1. The average molecular weight is 486 g/mol. The number of benzene rings is 3. The molecule has 7 heteroatoms. The van der Waals surface area contributed by atoms with Crippen molar-refractivity contribution in [3.05, 3.63) is 100 Å². The van der Waals surface area contributed by atoms with Crippen molar-refractivity contribution in [3.63, 3.8) is 0 Å². The van der Waals surface area contributed by atoms with E-state index >= 15 is 0 Å². The molecule has 2 fully saturated rings. The lowest BCUT2D eigenvalue weighted by Gasteiger charge is -2.27. The predicted octanol–water partition coefficient (Wildman–Crippen LogP) is 4.60. The molecule has 0 saturated carbocycles. The fourth-order valence-corrected chi connectivity index (χ4v) is 5.84. The first kappa shape index (κ1) is 21.9. The van der Waals surface area contributed by atoms with Gasteiger partial charge in [0, 0.05) is 16.1 Å². The summed E-state index contributed by atoms with van der Waals surface area (Å²) in [4.78, 5) is 56.3. The van der Waals surface area contributed by atoms with Crippen LogP contribution in [0.2, 0.25) is 5.02 Å². The molecule has 6 nitrogen and oxygen atoms in total. The van der Waals surface area contributed by atoms with Crippen molar-refractivity contribution in [1.29, 1.82) is 0 Å². The van der Waals surface area contributed by atoms with Crippen LogP contribution in [-0.2, 0) is 20.7 Å². The Kier molecular flexibility index (Phi) is 4.82. The lowest BCUT2D eigenvalue weighted by atomic mass is 9.77. The maximum absolute atomic E-state index is 13.9. The monoisotopic (exact) mass is 485 g/mol. The molecule has 0 aromatic heterocycles. The Labute approximate surface area is 206 Å². The molecule has 3 aromatic carbocycles. The number of rotatable bonds is 3. The Morgan fingerprint density at radius 3 is 2.11 bits per heavy atom. The van der Waals surface area contributed by atoms with Gasteiger partial charge in [-0.2, -0.15) is 0 Å². The van der Waals surface area contributed by atoms with Gasteiger partial charge in [0.25, 0.3) is 0 Å². The molecule has 0 unspecified atom stereocenters. The lowest BCUT2D eigenvalue weighted by molar-refractivity contribution is -0.127. The number of hydrogen-bond acceptors (Lipinski definition) is 5. The number of carbonyl (C=O) groups is 4. The summed E-state index contributed by atoms with van der Waals surface area (Å²) in [5, 5.41) is 0.416. The molecule has 1 aliphatic carbocycles.